The van der Waals surface area contributed by atoms with E-state index >= 15 is 0 Å². The Labute approximate surface area is 80.3 Å². The van der Waals surface area contributed by atoms with Crippen LogP contribution in [0.25, 0.3) is 0 Å². The van der Waals surface area contributed by atoms with Gasteiger partial charge in [0.1, 0.15) is 0 Å². The summed E-state index contributed by atoms with van der Waals surface area (Å²) in [4.78, 5) is 0. The topological polar surface area (TPSA) is 12.0 Å². The molecule has 2 heteroatoms. The Morgan fingerprint density at radius 3 is 2.67 bits per heavy atom. The van der Waals surface area contributed by atoms with Crippen LogP contribution in [0, 0.1) is 0 Å². The average molecular weight is 183 g/mol. The molecule has 1 saturated heterocycles. The van der Waals surface area contributed by atoms with E-state index < -0.39 is 0 Å². The third kappa shape index (κ3) is 2.07. The van der Waals surface area contributed by atoms with Crippen LogP contribution >= 0.6 is 12.6 Å². The van der Waals surface area contributed by atoms with E-state index in [1.165, 1.54) is 11.3 Å². The van der Waals surface area contributed by atoms with Crippen molar-refractivity contribution in [2.75, 3.05) is 5.75 Å². The van der Waals surface area contributed by atoms with Crippen molar-refractivity contribution >= 4 is 12.6 Å². The van der Waals surface area contributed by atoms with E-state index in [0.717, 1.165) is 18.6 Å². The Morgan fingerprint density at radius 1 is 1.50 bits per heavy atom. The Hall–Kier alpha value is -0.370. The Bertz CT molecular complexity index is 186. The van der Waals surface area contributed by atoms with Crippen molar-refractivity contribution in [1.82, 2.24) is 5.32 Å². The van der Waals surface area contributed by atoms with Crippen LogP contribution in [0.4, 0.5) is 0 Å². The smallest absolute Gasteiger partial charge is 0.0329 e. The molecule has 0 bridgehead atoms. The minimum absolute atomic E-state index is 0.611. The summed E-state index contributed by atoms with van der Waals surface area (Å²) in [6.45, 7) is 4.18. The molecule has 1 nitrogen and oxygen atoms in total. The number of rotatable bonds is 2. The molecule has 0 aromatic heterocycles. The molecule has 1 unspecified atom stereocenters. The summed E-state index contributed by atoms with van der Waals surface area (Å²) >= 11 is 4.23. The van der Waals surface area contributed by atoms with E-state index in [1.807, 2.05) is 0 Å². The first-order valence-corrected chi connectivity index (χ1v) is 5.14. The first kappa shape index (κ1) is 9.72. The highest BCUT2D eigenvalue weighted by atomic mass is 32.1. The number of thiol groups is 1. The van der Waals surface area contributed by atoms with Crippen LogP contribution in [-0.4, -0.2) is 11.8 Å². The third-order valence-electron chi connectivity index (χ3n) is 2.29. The molecule has 0 amide bonds. The molecule has 1 heterocycles. The van der Waals surface area contributed by atoms with Crippen molar-refractivity contribution in [3.8, 4) is 0 Å². The highest BCUT2D eigenvalue weighted by molar-refractivity contribution is 7.80. The molecular weight excluding hydrogens is 166 g/mol. The molecule has 12 heavy (non-hydrogen) atoms. The Morgan fingerprint density at radius 2 is 2.25 bits per heavy atom. The fourth-order valence-corrected chi connectivity index (χ4v) is 1.92. The summed E-state index contributed by atoms with van der Waals surface area (Å²) in [7, 11) is 0. The molecule has 1 N–H and O–H groups in total. The first-order chi connectivity index (χ1) is 5.81. The van der Waals surface area contributed by atoms with Gasteiger partial charge in [-0.25, -0.2) is 0 Å². The summed E-state index contributed by atoms with van der Waals surface area (Å²) in [5.41, 5.74) is 2.76. The average Bonchev–Trinajstić information content (AvgIpc) is 2.48. The summed E-state index contributed by atoms with van der Waals surface area (Å²) in [6.07, 6.45) is 6.66. The summed E-state index contributed by atoms with van der Waals surface area (Å²) in [5, 5.41) is 3.49. The largest absolute Gasteiger partial charge is 0.382 e. The van der Waals surface area contributed by atoms with E-state index in [1.54, 1.807) is 0 Å². The molecule has 1 rings (SSSR count). The minimum atomic E-state index is 0.611. The third-order valence-corrected chi connectivity index (χ3v) is 2.54. The first-order valence-electron chi connectivity index (χ1n) is 4.51. The van der Waals surface area contributed by atoms with Crippen LogP contribution in [0.1, 0.15) is 26.7 Å². The molecule has 0 saturated carbocycles. The molecule has 0 aliphatic carbocycles. The molecule has 1 fully saturated rings. The van der Waals surface area contributed by atoms with Crippen molar-refractivity contribution in [2.45, 2.75) is 32.7 Å². The van der Waals surface area contributed by atoms with Crippen molar-refractivity contribution < 1.29 is 0 Å². The van der Waals surface area contributed by atoms with Gasteiger partial charge in [0.25, 0.3) is 0 Å². The lowest BCUT2D eigenvalue weighted by molar-refractivity contribution is 0.614. The second-order valence-corrected chi connectivity index (χ2v) is 3.52. The predicted octanol–water partition coefficient (Wildman–Crippen LogP) is 2.52. The molecule has 68 valence electrons. The fraction of sp³-hybridized carbons (Fsp3) is 0.600. The zero-order valence-corrected chi connectivity index (χ0v) is 8.70. The van der Waals surface area contributed by atoms with Crippen molar-refractivity contribution in [3.05, 3.63) is 23.4 Å². The van der Waals surface area contributed by atoms with Gasteiger partial charge in [-0.1, -0.05) is 12.2 Å². The monoisotopic (exact) mass is 183 g/mol. The van der Waals surface area contributed by atoms with Crippen molar-refractivity contribution in [3.63, 3.8) is 0 Å². The van der Waals surface area contributed by atoms with Crippen LogP contribution in [0.3, 0.4) is 0 Å². The number of hydrogen-bond acceptors (Lipinski definition) is 2. The Kier molecular flexibility index (Phi) is 3.73. The van der Waals surface area contributed by atoms with Crippen LogP contribution in [-0.2, 0) is 0 Å². The summed E-state index contributed by atoms with van der Waals surface area (Å²) in [6, 6.07) is 0.611. The molecule has 1 aliphatic heterocycles. The highest BCUT2D eigenvalue weighted by Gasteiger charge is 2.20. The zero-order chi connectivity index (χ0) is 8.97. The van der Waals surface area contributed by atoms with Gasteiger partial charge in [-0.3, -0.25) is 0 Å². The molecule has 0 aromatic carbocycles. The van der Waals surface area contributed by atoms with Crippen LogP contribution in [0.15, 0.2) is 23.4 Å². The fourth-order valence-electron chi connectivity index (χ4n) is 1.61. The maximum Gasteiger partial charge on any atom is 0.0329 e. The lowest BCUT2D eigenvalue weighted by atomic mass is 10.1. The van der Waals surface area contributed by atoms with Crippen molar-refractivity contribution in [1.29, 1.82) is 0 Å². The van der Waals surface area contributed by atoms with Gasteiger partial charge in [0.2, 0.25) is 0 Å². The van der Waals surface area contributed by atoms with Crippen LogP contribution < -0.4 is 5.32 Å². The lowest BCUT2D eigenvalue weighted by Crippen LogP contribution is -2.20. The van der Waals surface area contributed by atoms with E-state index in [0.29, 0.717) is 6.04 Å². The van der Waals surface area contributed by atoms with Crippen molar-refractivity contribution in [2.24, 2.45) is 0 Å². The quantitative estimate of drug-likeness (QED) is 0.627. The van der Waals surface area contributed by atoms with Gasteiger partial charge >= 0.3 is 0 Å². The molecule has 0 radical (unpaired) electrons. The standard InChI is InChI=1S/C10H17NS/c1-3-8-7-9(5-6-12)11-10(8)4-2/h3-4,9,11-12H,5-7H2,1-2H3/b8-3-,10-4+. The highest BCUT2D eigenvalue weighted by Crippen LogP contribution is 2.24. The summed E-state index contributed by atoms with van der Waals surface area (Å²) in [5.74, 6) is 0.964. The van der Waals surface area contributed by atoms with Gasteiger partial charge < -0.3 is 5.32 Å². The second kappa shape index (κ2) is 4.61. The van der Waals surface area contributed by atoms with Crippen LogP contribution in [0.2, 0.25) is 0 Å². The summed E-state index contributed by atoms with van der Waals surface area (Å²) < 4.78 is 0. The number of hydrogen-bond donors (Lipinski definition) is 2. The van der Waals surface area contributed by atoms with Crippen LogP contribution in [0.5, 0.6) is 0 Å². The molecule has 0 aromatic rings. The number of nitrogens with one attached hydrogen (secondary N) is 1. The number of allylic oxidation sites excluding steroid dienone is 3. The zero-order valence-electron chi connectivity index (χ0n) is 7.80. The molecular formula is C10H17NS. The lowest BCUT2D eigenvalue weighted by Gasteiger charge is -2.07. The van der Waals surface area contributed by atoms with E-state index in [2.05, 4.69) is 43.9 Å². The minimum Gasteiger partial charge on any atom is -0.382 e. The normalized spacial score (nSPS) is 29.8. The molecule has 1 atom stereocenters. The maximum absolute atomic E-state index is 4.23. The van der Waals surface area contributed by atoms with Gasteiger partial charge in [0.05, 0.1) is 0 Å². The van der Waals surface area contributed by atoms with E-state index in [-0.39, 0.29) is 0 Å². The van der Waals surface area contributed by atoms with Gasteiger partial charge in [0.15, 0.2) is 0 Å². The predicted molar refractivity (Wildman–Crippen MR) is 57.5 cm³/mol. The van der Waals surface area contributed by atoms with Gasteiger partial charge in [-0.2, -0.15) is 12.6 Å². The van der Waals surface area contributed by atoms with Gasteiger partial charge in [-0.15, -0.1) is 0 Å². The second-order valence-electron chi connectivity index (χ2n) is 3.07. The molecule has 1 aliphatic rings. The van der Waals surface area contributed by atoms with E-state index in [9.17, 15) is 0 Å². The molecule has 0 spiro atoms. The van der Waals surface area contributed by atoms with Gasteiger partial charge in [-0.05, 0) is 38.0 Å². The SMILES string of the molecule is C/C=C1/CC(CCS)N/C1=C/C. The Balaban J connectivity index is 2.60. The van der Waals surface area contributed by atoms with Gasteiger partial charge in [0, 0.05) is 11.7 Å². The maximum atomic E-state index is 4.23. The van der Waals surface area contributed by atoms with E-state index in [4.69, 9.17) is 0 Å².